The number of thiophene rings is 1. The number of nitrogens with zero attached hydrogens (tertiary/aromatic N) is 1. The van der Waals surface area contributed by atoms with E-state index in [0.717, 1.165) is 27.8 Å². The first-order chi connectivity index (χ1) is 14.1. The van der Waals surface area contributed by atoms with Crippen molar-refractivity contribution in [3.8, 4) is 10.4 Å². The maximum absolute atomic E-state index is 14.9. The van der Waals surface area contributed by atoms with Gasteiger partial charge in [0.05, 0.1) is 9.35 Å². The smallest absolute Gasteiger partial charge is 0.264 e. The van der Waals surface area contributed by atoms with Crippen LogP contribution < -0.4 is 11.1 Å². The topological polar surface area (TPSA) is 83.8 Å². The predicted molar refractivity (Wildman–Crippen MR) is 118 cm³/mol. The molecule has 0 fully saturated rings. The summed E-state index contributed by atoms with van der Waals surface area (Å²) in [7, 11) is 0. The second kappa shape index (κ2) is 8.44. The molecular weight excluding hydrogens is 455 g/mol. The van der Waals surface area contributed by atoms with Crippen LogP contribution in [0.2, 0.25) is 0 Å². The Balaban J connectivity index is 1.61. The van der Waals surface area contributed by atoms with Gasteiger partial charge in [0.15, 0.2) is 5.82 Å². The predicted octanol–water partition coefficient (Wildman–Crippen LogP) is 4.49. The van der Waals surface area contributed by atoms with Crippen LogP contribution in [0.4, 0.5) is 4.39 Å². The molecule has 4 N–H and O–H groups in total. The SMILES string of the molecule is NCC(Cc1ccccc1)NC(=O)c1sc(-c2ccnc3[nH]ccc23)c(Br)c1F. The Kier molecular flexibility index (Phi) is 5.75. The summed E-state index contributed by atoms with van der Waals surface area (Å²) in [5, 5.41) is 3.73. The number of carbonyl (C=O) groups is 1. The van der Waals surface area contributed by atoms with Gasteiger partial charge in [0.1, 0.15) is 10.5 Å². The molecule has 8 heteroatoms. The van der Waals surface area contributed by atoms with E-state index in [4.69, 9.17) is 5.73 Å². The summed E-state index contributed by atoms with van der Waals surface area (Å²) in [6.45, 7) is 0.260. The van der Waals surface area contributed by atoms with Gasteiger partial charge in [-0.1, -0.05) is 30.3 Å². The van der Waals surface area contributed by atoms with Crippen LogP contribution in [-0.4, -0.2) is 28.5 Å². The van der Waals surface area contributed by atoms with Gasteiger partial charge in [0, 0.05) is 35.9 Å². The molecule has 0 aliphatic rings. The number of pyridine rings is 1. The summed E-state index contributed by atoms with van der Waals surface area (Å²) in [6, 6.07) is 13.2. The molecule has 3 heterocycles. The van der Waals surface area contributed by atoms with Gasteiger partial charge in [-0.05, 0) is 40.0 Å². The second-order valence-electron chi connectivity index (χ2n) is 6.58. The van der Waals surface area contributed by atoms with Crippen LogP contribution in [0.3, 0.4) is 0 Å². The van der Waals surface area contributed by atoms with E-state index in [9.17, 15) is 9.18 Å². The van der Waals surface area contributed by atoms with E-state index in [2.05, 4.69) is 31.2 Å². The lowest BCUT2D eigenvalue weighted by Crippen LogP contribution is -2.41. The molecule has 1 amide bonds. The lowest BCUT2D eigenvalue weighted by atomic mass is 10.1. The average Bonchev–Trinajstić information content (AvgIpc) is 3.33. The highest BCUT2D eigenvalue weighted by Crippen LogP contribution is 2.41. The largest absolute Gasteiger partial charge is 0.347 e. The van der Waals surface area contributed by atoms with Crippen molar-refractivity contribution in [1.29, 1.82) is 0 Å². The molecule has 5 nitrogen and oxygen atoms in total. The number of halogens is 2. The van der Waals surface area contributed by atoms with E-state index in [0.29, 0.717) is 16.9 Å². The number of nitrogens with two attached hydrogens (primary N) is 1. The third-order valence-corrected chi connectivity index (χ3v) is 6.86. The van der Waals surface area contributed by atoms with Crippen LogP contribution in [0, 0.1) is 5.82 Å². The maximum atomic E-state index is 14.9. The molecule has 148 valence electrons. The third-order valence-electron chi connectivity index (χ3n) is 4.65. The van der Waals surface area contributed by atoms with Crippen molar-refractivity contribution in [2.45, 2.75) is 12.5 Å². The third kappa shape index (κ3) is 3.96. The van der Waals surface area contributed by atoms with Crippen LogP contribution in [0.5, 0.6) is 0 Å². The van der Waals surface area contributed by atoms with Crippen molar-refractivity contribution in [2.75, 3.05) is 6.54 Å². The minimum atomic E-state index is -0.571. The Morgan fingerprint density at radius 1 is 1.28 bits per heavy atom. The van der Waals surface area contributed by atoms with Crippen LogP contribution >= 0.6 is 27.3 Å². The number of hydrogen-bond donors (Lipinski definition) is 3. The zero-order valence-electron chi connectivity index (χ0n) is 15.3. The number of amides is 1. The highest BCUT2D eigenvalue weighted by atomic mass is 79.9. The number of aromatic nitrogens is 2. The van der Waals surface area contributed by atoms with Gasteiger partial charge >= 0.3 is 0 Å². The van der Waals surface area contributed by atoms with E-state index in [1.165, 1.54) is 0 Å². The van der Waals surface area contributed by atoms with Crippen molar-refractivity contribution < 1.29 is 9.18 Å². The van der Waals surface area contributed by atoms with E-state index >= 15 is 0 Å². The molecule has 0 aliphatic heterocycles. The minimum Gasteiger partial charge on any atom is -0.347 e. The molecular formula is C21H18BrFN4OS. The van der Waals surface area contributed by atoms with Crippen molar-refractivity contribution >= 4 is 44.2 Å². The van der Waals surface area contributed by atoms with Gasteiger partial charge < -0.3 is 16.0 Å². The zero-order valence-corrected chi connectivity index (χ0v) is 17.7. The molecule has 0 saturated heterocycles. The van der Waals surface area contributed by atoms with Gasteiger partial charge in [-0.25, -0.2) is 9.37 Å². The Bertz CT molecular complexity index is 1160. The van der Waals surface area contributed by atoms with Crippen molar-refractivity contribution in [3.63, 3.8) is 0 Å². The molecule has 1 atom stereocenters. The molecule has 1 unspecified atom stereocenters. The van der Waals surface area contributed by atoms with Crippen molar-refractivity contribution in [2.24, 2.45) is 5.73 Å². The Morgan fingerprint density at radius 2 is 2.07 bits per heavy atom. The molecule has 1 aromatic carbocycles. The monoisotopic (exact) mass is 472 g/mol. The molecule has 0 aliphatic carbocycles. The fraction of sp³-hybridized carbons (Fsp3) is 0.143. The number of H-pyrrole nitrogens is 1. The fourth-order valence-electron chi connectivity index (χ4n) is 3.21. The summed E-state index contributed by atoms with van der Waals surface area (Å²) >= 11 is 4.43. The number of rotatable bonds is 6. The van der Waals surface area contributed by atoms with E-state index in [-0.39, 0.29) is 21.9 Å². The van der Waals surface area contributed by atoms with Gasteiger partial charge in [-0.3, -0.25) is 4.79 Å². The highest BCUT2D eigenvalue weighted by molar-refractivity contribution is 9.10. The van der Waals surface area contributed by atoms with E-state index in [1.54, 1.807) is 12.4 Å². The van der Waals surface area contributed by atoms with Gasteiger partial charge in [0.2, 0.25) is 0 Å². The molecule has 0 radical (unpaired) electrons. The average molecular weight is 473 g/mol. The molecule has 0 spiro atoms. The summed E-state index contributed by atoms with van der Waals surface area (Å²) in [6.07, 6.45) is 4.02. The molecule has 0 saturated carbocycles. The summed E-state index contributed by atoms with van der Waals surface area (Å²) < 4.78 is 15.2. The van der Waals surface area contributed by atoms with E-state index < -0.39 is 11.7 Å². The number of fused-ring (bicyclic) bond motifs is 1. The standard InChI is InChI=1S/C21H18BrFN4OS/c22-16-17(23)19(21(28)27-13(11-24)10-12-4-2-1-3-5-12)29-18(16)14-6-8-25-20-15(14)7-9-26-20/h1-9,13H,10-11,24H2,(H,25,26)(H,27,28). The normalized spacial score (nSPS) is 12.2. The first kappa shape index (κ1) is 19.8. The van der Waals surface area contributed by atoms with Crippen molar-refractivity contribution in [1.82, 2.24) is 15.3 Å². The Morgan fingerprint density at radius 3 is 2.83 bits per heavy atom. The van der Waals surface area contributed by atoms with Crippen LogP contribution in [0.15, 0.2) is 59.3 Å². The molecule has 3 aromatic heterocycles. The maximum Gasteiger partial charge on any atom is 0.264 e. The van der Waals surface area contributed by atoms with Crippen LogP contribution in [0.1, 0.15) is 15.2 Å². The number of nitrogens with one attached hydrogen (secondary N) is 2. The lowest BCUT2D eigenvalue weighted by molar-refractivity contribution is 0.0938. The summed E-state index contributed by atoms with van der Waals surface area (Å²) in [5.41, 5.74) is 8.42. The first-order valence-electron chi connectivity index (χ1n) is 9.03. The van der Waals surface area contributed by atoms with Crippen LogP contribution in [0.25, 0.3) is 21.5 Å². The van der Waals surface area contributed by atoms with Gasteiger partial charge in [-0.15, -0.1) is 11.3 Å². The quantitative estimate of drug-likeness (QED) is 0.386. The van der Waals surface area contributed by atoms with Gasteiger partial charge in [-0.2, -0.15) is 0 Å². The minimum absolute atomic E-state index is 0.0267. The fourth-order valence-corrected chi connectivity index (χ4v) is 5.01. The summed E-state index contributed by atoms with van der Waals surface area (Å²) in [4.78, 5) is 20.8. The Labute approximate surface area is 179 Å². The number of benzene rings is 1. The first-order valence-corrected chi connectivity index (χ1v) is 10.6. The Hall–Kier alpha value is -2.55. The molecule has 4 aromatic rings. The second-order valence-corrected chi connectivity index (χ2v) is 8.40. The van der Waals surface area contributed by atoms with Crippen molar-refractivity contribution in [3.05, 3.63) is 75.6 Å². The van der Waals surface area contributed by atoms with Gasteiger partial charge in [0.25, 0.3) is 5.91 Å². The van der Waals surface area contributed by atoms with E-state index in [1.807, 2.05) is 42.5 Å². The zero-order chi connectivity index (χ0) is 20.4. The molecule has 29 heavy (non-hydrogen) atoms. The molecule has 0 bridgehead atoms. The lowest BCUT2D eigenvalue weighted by Gasteiger charge is -2.16. The number of hydrogen-bond acceptors (Lipinski definition) is 4. The number of aromatic amines is 1. The summed E-state index contributed by atoms with van der Waals surface area (Å²) in [5.74, 6) is -1.04. The number of carbonyl (C=O) groups excluding carboxylic acids is 1. The highest BCUT2D eigenvalue weighted by Gasteiger charge is 2.25. The molecule has 4 rings (SSSR count). The van der Waals surface area contributed by atoms with Crippen LogP contribution in [-0.2, 0) is 6.42 Å².